The maximum absolute atomic E-state index is 6.50. The summed E-state index contributed by atoms with van der Waals surface area (Å²) in [6, 6.07) is 1.02. The summed E-state index contributed by atoms with van der Waals surface area (Å²) < 4.78 is 0. The van der Waals surface area contributed by atoms with Crippen molar-refractivity contribution < 1.29 is 0 Å². The number of hydrogen-bond acceptors (Lipinski definition) is 2. The molecule has 2 fully saturated rings. The molecular formula is C9H16N2. The first-order valence-corrected chi connectivity index (χ1v) is 4.47. The minimum absolute atomic E-state index is 1.02. The van der Waals surface area contributed by atoms with Crippen LogP contribution in [0.3, 0.4) is 0 Å². The molecule has 62 valence electrons. The SMILES string of the molecule is C#N.C1CCN(C2CC2)CC1. The minimum atomic E-state index is 1.02. The fourth-order valence-corrected chi connectivity index (χ4v) is 1.72. The van der Waals surface area contributed by atoms with Gasteiger partial charge < -0.3 is 4.90 Å². The maximum Gasteiger partial charge on any atom is 0.0462 e. The van der Waals surface area contributed by atoms with Crippen molar-refractivity contribution in [2.75, 3.05) is 13.1 Å². The summed E-state index contributed by atoms with van der Waals surface area (Å²) in [7, 11) is 0. The normalized spacial score (nSPS) is 25.3. The van der Waals surface area contributed by atoms with E-state index in [1.807, 2.05) is 0 Å². The second kappa shape index (κ2) is 4.35. The second-order valence-corrected chi connectivity index (χ2v) is 3.33. The first kappa shape index (κ1) is 8.55. The summed E-state index contributed by atoms with van der Waals surface area (Å²) in [5, 5.41) is 6.50. The Morgan fingerprint density at radius 2 is 1.55 bits per heavy atom. The van der Waals surface area contributed by atoms with Crippen LogP contribution in [-0.4, -0.2) is 24.0 Å². The molecule has 11 heavy (non-hydrogen) atoms. The van der Waals surface area contributed by atoms with Crippen LogP contribution in [0.1, 0.15) is 32.1 Å². The van der Waals surface area contributed by atoms with E-state index in [0.717, 1.165) is 6.04 Å². The van der Waals surface area contributed by atoms with Gasteiger partial charge in [0.15, 0.2) is 0 Å². The lowest BCUT2D eigenvalue weighted by Crippen LogP contribution is -2.31. The zero-order valence-electron chi connectivity index (χ0n) is 7.00. The highest BCUT2D eigenvalue weighted by Gasteiger charge is 2.28. The van der Waals surface area contributed by atoms with E-state index in [-0.39, 0.29) is 0 Å². The van der Waals surface area contributed by atoms with E-state index in [9.17, 15) is 0 Å². The largest absolute Gasteiger partial charge is 0.300 e. The molecule has 0 aromatic carbocycles. The smallest absolute Gasteiger partial charge is 0.0462 e. The van der Waals surface area contributed by atoms with E-state index >= 15 is 0 Å². The van der Waals surface area contributed by atoms with Crippen LogP contribution >= 0.6 is 0 Å². The highest BCUT2D eigenvalue weighted by atomic mass is 15.2. The van der Waals surface area contributed by atoms with Crippen molar-refractivity contribution in [3.8, 4) is 6.57 Å². The zero-order chi connectivity index (χ0) is 8.10. The van der Waals surface area contributed by atoms with Gasteiger partial charge in [0.2, 0.25) is 0 Å². The molecule has 0 amide bonds. The Morgan fingerprint density at radius 3 is 2.00 bits per heavy atom. The molecule has 2 aliphatic rings. The summed E-state index contributed by atoms with van der Waals surface area (Å²) in [6.07, 6.45) is 7.36. The van der Waals surface area contributed by atoms with Crippen molar-refractivity contribution in [3.05, 3.63) is 0 Å². The van der Waals surface area contributed by atoms with Crippen LogP contribution in [0.15, 0.2) is 0 Å². The van der Waals surface area contributed by atoms with Crippen molar-refractivity contribution in [1.29, 1.82) is 5.26 Å². The van der Waals surface area contributed by atoms with Crippen LogP contribution in [0.5, 0.6) is 0 Å². The topological polar surface area (TPSA) is 27.0 Å². The minimum Gasteiger partial charge on any atom is -0.300 e. The highest BCUT2D eigenvalue weighted by molar-refractivity contribution is 4.85. The van der Waals surface area contributed by atoms with Crippen LogP contribution in [0.4, 0.5) is 0 Å². The summed E-state index contributed by atoms with van der Waals surface area (Å²) in [5.74, 6) is 0. The van der Waals surface area contributed by atoms with Crippen LogP contribution in [0.2, 0.25) is 0 Å². The first-order valence-electron chi connectivity index (χ1n) is 4.47. The average Bonchev–Trinajstić information content (AvgIpc) is 2.92. The molecule has 1 heterocycles. The number of rotatable bonds is 1. The highest BCUT2D eigenvalue weighted by Crippen LogP contribution is 2.28. The molecule has 0 spiro atoms. The van der Waals surface area contributed by atoms with Gasteiger partial charge in [0, 0.05) is 12.6 Å². The van der Waals surface area contributed by atoms with Crippen LogP contribution in [0, 0.1) is 11.8 Å². The molecule has 2 heteroatoms. The van der Waals surface area contributed by atoms with E-state index < -0.39 is 0 Å². The van der Waals surface area contributed by atoms with E-state index in [1.165, 1.54) is 45.2 Å². The Hall–Kier alpha value is -0.550. The number of nitrogens with zero attached hydrogens (tertiary/aromatic N) is 2. The van der Waals surface area contributed by atoms with Crippen molar-refractivity contribution in [1.82, 2.24) is 4.90 Å². The quantitative estimate of drug-likeness (QED) is 0.572. The van der Waals surface area contributed by atoms with Crippen LogP contribution in [0.25, 0.3) is 0 Å². The van der Waals surface area contributed by atoms with Crippen molar-refractivity contribution >= 4 is 0 Å². The molecule has 2 rings (SSSR count). The zero-order valence-corrected chi connectivity index (χ0v) is 7.00. The third-order valence-corrected chi connectivity index (χ3v) is 2.45. The Balaban J connectivity index is 0.000000281. The summed E-state index contributed by atoms with van der Waals surface area (Å²) >= 11 is 0. The van der Waals surface area contributed by atoms with Gasteiger partial charge in [-0.25, -0.2) is 5.26 Å². The molecule has 0 bridgehead atoms. The van der Waals surface area contributed by atoms with Crippen molar-refractivity contribution in [3.63, 3.8) is 0 Å². The van der Waals surface area contributed by atoms with Gasteiger partial charge in [-0.2, -0.15) is 0 Å². The second-order valence-electron chi connectivity index (χ2n) is 3.33. The monoisotopic (exact) mass is 152 g/mol. The summed E-state index contributed by atoms with van der Waals surface area (Å²) in [4.78, 5) is 2.67. The molecular weight excluding hydrogens is 136 g/mol. The van der Waals surface area contributed by atoms with Crippen molar-refractivity contribution in [2.24, 2.45) is 0 Å². The van der Waals surface area contributed by atoms with Crippen molar-refractivity contribution in [2.45, 2.75) is 38.1 Å². The molecule has 0 atom stereocenters. The lowest BCUT2D eigenvalue weighted by atomic mass is 10.1. The summed E-state index contributed by atoms with van der Waals surface area (Å²) in [6.45, 7) is 6.29. The number of nitriles is 1. The third-order valence-electron chi connectivity index (χ3n) is 2.45. The van der Waals surface area contributed by atoms with E-state index in [2.05, 4.69) is 11.5 Å². The van der Waals surface area contributed by atoms with Gasteiger partial charge in [-0.1, -0.05) is 6.42 Å². The molecule has 0 aromatic heterocycles. The van der Waals surface area contributed by atoms with Gasteiger partial charge in [-0.05, 0) is 38.8 Å². The first-order chi connectivity index (χ1) is 5.47. The third kappa shape index (κ3) is 2.51. The maximum atomic E-state index is 6.50. The standard InChI is InChI=1S/C8H15N.CHN/c1-2-6-9(7-3-1)8-4-5-8;1-2/h8H,1-7H2;1H. The average molecular weight is 152 g/mol. The molecule has 1 aliphatic carbocycles. The molecule has 1 aliphatic heterocycles. The summed E-state index contributed by atoms with van der Waals surface area (Å²) in [5.41, 5.74) is 0. The predicted molar refractivity (Wildman–Crippen MR) is 45.1 cm³/mol. The molecule has 0 aromatic rings. The number of hydrogen-bond donors (Lipinski definition) is 0. The van der Waals surface area contributed by atoms with Gasteiger partial charge in [0.1, 0.15) is 0 Å². The van der Waals surface area contributed by atoms with E-state index in [0.29, 0.717) is 0 Å². The van der Waals surface area contributed by atoms with Gasteiger partial charge in [-0.3, -0.25) is 0 Å². The lowest BCUT2D eigenvalue weighted by molar-refractivity contribution is 0.219. The molecule has 1 saturated carbocycles. The molecule has 1 saturated heterocycles. The Morgan fingerprint density at radius 1 is 1.00 bits per heavy atom. The van der Waals surface area contributed by atoms with Gasteiger partial charge in [-0.15, -0.1) is 0 Å². The van der Waals surface area contributed by atoms with Gasteiger partial charge in [0.05, 0.1) is 0 Å². The molecule has 0 radical (unpaired) electrons. The number of piperidine rings is 1. The van der Waals surface area contributed by atoms with E-state index in [1.54, 1.807) is 0 Å². The van der Waals surface area contributed by atoms with Gasteiger partial charge in [0.25, 0.3) is 0 Å². The van der Waals surface area contributed by atoms with Gasteiger partial charge >= 0.3 is 0 Å². The fraction of sp³-hybridized carbons (Fsp3) is 0.889. The molecule has 2 nitrogen and oxygen atoms in total. The predicted octanol–water partition coefficient (Wildman–Crippen LogP) is 1.77. The lowest BCUT2D eigenvalue weighted by Gasteiger charge is -2.25. The Kier molecular flexibility index (Phi) is 3.38. The molecule has 0 unspecified atom stereocenters. The number of likely N-dealkylation sites (tertiary alicyclic amines) is 1. The Bertz CT molecular complexity index is 121. The Labute approximate surface area is 68.8 Å². The van der Waals surface area contributed by atoms with Crippen LogP contribution in [-0.2, 0) is 0 Å². The van der Waals surface area contributed by atoms with Crippen LogP contribution < -0.4 is 0 Å². The molecule has 0 N–H and O–H groups in total. The fourth-order valence-electron chi connectivity index (χ4n) is 1.72. The van der Waals surface area contributed by atoms with E-state index in [4.69, 9.17) is 5.26 Å².